The van der Waals surface area contributed by atoms with Gasteiger partial charge in [0.15, 0.2) is 0 Å². The molecular weight excluding hydrogens is 230 g/mol. The number of hydrogen-bond donors (Lipinski definition) is 0. The average molecular weight is 249 g/mol. The summed E-state index contributed by atoms with van der Waals surface area (Å²) < 4.78 is 10.8. The third-order valence-electron chi connectivity index (χ3n) is 2.87. The molecule has 0 saturated carbocycles. The molecule has 1 atom stereocenters. The minimum atomic E-state index is -0.177. The fourth-order valence-corrected chi connectivity index (χ4v) is 2.18. The molecule has 0 aromatic heterocycles. The highest BCUT2D eigenvalue weighted by molar-refractivity contribution is 5.71. The highest BCUT2D eigenvalue weighted by Gasteiger charge is 2.21. The zero-order chi connectivity index (χ0) is 13.0. The quantitative estimate of drug-likeness (QED) is 0.766. The highest BCUT2D eigenvalue weighted by atomic mass is 16.5. The summed E-state index contributed by atoms with van der Waals surface area (Å²) in [6.45, 7) is 6.03. The number of esters is 1. The molecule has 18 heavy (non-hydrogen) atoms. The Hall–Kier alpha value is -1.55. The lowest BCUT2D eigenvalue weighted by molar-refractivity contribution is -0.144. The van der Waals surface area contributed by atoms with Crippen molar-refractivity contribution in [1.82, 2.24) is 4.90 Å². The summed E-state index contributed by atoms with van der Waals surface area (Å²) in [7, 11) is 0. The van der Waals surface area contributed by atoms with E-state index in [1.165, 1.54) is 0 Å². The van der Waals surface area contributed by atoms with E-state index in [0.717, 1.165) is 24.4 Å². The van der Waals surface area contributed by atoms with E-state index in [9.17, 15) is 4.79 Å². The van der Waals surface area contributed by atoms with E-state index < -0.39 is 0 Å². The largest absolute Gasteiger partial charge is 0.489 e. The van der Waals surface area contributed by atoms with Gasteiger partial charge < -0.3 is 9.47 Å². The molecule has 0 bridgehead atoms. The van der Waals surface area contributed by atoms with Crippen molar-refractivity contribution >= 4 is 5.97 Å². The van der Waals surface area contributed by atoms with Crippen molar-refractivity contribution in [3.05, 3.63) is 29.8 Å². The van der Waals surface area contributed by atoms with E-state index in [1.807, 2.05) is 38.1 Å². The van der Waals surface area contributed by atoms with Crippen LogP contribution in [0.2, 0.25) is 0 Å². The van der Waals surface area contributed by atoms with Gasteiger partial charge in [-0.1, -0.05) is 18.2 Å². The average Bonchev–Trinajstić information content (AvgIpc) is 2.46. The van der Waals surface area contributed by atoms with Gasteiger partial charge in [0.05, 0.1) is 13.2 Å². The van der Waals surface area contributed by atoms with Gasteiger partial charge in [-0.05, 0) is 19.9 Å². The third-order valence-corrected chi connectivity index (χ3v) is 2.87. The molecule has 0 aliphatic carbocycles. The number of hydrogen-bond acceptors (Lipinski definition) is 4. The fourth-order valence-electron chi connectivity index (χ4n) is 2.18. The normalized spacial score (nSPS) is 19.6. The Morgan fingerprint density at radius 1 is 1.50 bits per heavy atom. The number of ether oxygens (including phenoxy) is 2. The van der Waals surface area contributed by atoms with Gasteiger partial charge in [-0.2, -0.15) is 0 Å². The first-order valence-corrected chi connectivity index (χ1v) is 6.31. The van der Waals surface area contributed by atoms with Crippen molar-refractivity contribution in [2.24, 2.45) is 0 Å². The third kappa shape index (κ3) is 3.23. The number of carbonyl (C=O) groups is 1. The second-order valence-electron chi connectivity index (χ2n) is 4.51. The van der Waals surface area contributed by atoms with Gasteiger partial charge in [-0.15, -0.1) is 0 Å². The van der Waals surface area contributed by atoms with Gasteiger partial charge in [0.2, 0.25) is 0 Å². The molecule has 1 aliphatic rings. The summed E-state index contributed by atoms with van der Waals surface area (Å²) >= 11 is 0. The Morgan fingerprint density at radius 2 is 2.28 bits per heavy atom. The van der Waals surface area contributed by atoms with Crippen LogP contribution in [-0.2, 0) is 16.1 Å². The standard InChI is InChI=1S/C14H19NO3/c1-3-17-14(16)10-15-8-11(2)18-13-7-5-4-6-12(13)9-15/h4-7,11H,3,8-10H2,1-2H3. The molecule has 98 valence electrons. The maximum absolute atomic E-state index is 11.5. The zero-order valence-corrected chi connectivity index (χ0v) is 10.9. The summed E-state index contributed by atoms with van der Waals surface area (Å²) in [5.74, 6) is 0.737. The molecule has 4 heteroatoms. The van der Waals surface area contributed by atoms with Gasteiger partial charge in [0.1, 0.15) is 11.9 Å². The lowest BCUT2D eigenvalue weighted by Crippen LogP contribution is -2.35. The van der Waals surface area contributed by atoms with Gasteiger partial charge >= 0.3 is 5.97 Å². The predicted molar refractivity (Wildman–Crippen MR) is 68.4 cm³/mol. The van der Waals surface area contributed by atoms with Crippen LogP contribution in [0.5, 0.6) is 5.75 Å². The molecule has 2 rings (SSSR count). The highest BCUT2D eigenvalue weighted by Crippen LogP contribution is 2.24. The van der Waals surface area contributed by atoms with Crippen LogP contribution in [0.15, 0.2) is 24.3 Å². The summed E-state index contributed by atoms with van der Waals surface area (Å²) in [6.07, 6.45) is 0.0723. The van der Waals surface area contributed by atoms with Gasteiger partial charge in [-0.25, -0.2) is 0 Å². The van der Waals surface area contributed by atoms with Gasteiger partial charge in [0, 0.05) is 18.7 Å². The van der Waals surface area contributed by atoms with Crippen LogP contribution >= 0.6 is 0 Å². The summed E-state index contributed by atoms with van der Waals surface area (Å²) in [6, 6.07) is 7.96. The van der Waals surface area contributed by atoms with Crippen molar-refractivity contribution in [3.8, 4) is 5.75 Å². The van der Waals surface area contributed by atoms with Crippen molar-refractivity contribution in [1.29, 1.82) is 0 Å². The molecule has 1 aromatic carbocycles. The predicted octanol–water partition coefficient (Wildman–Crippen LogP) is 1.83. The van der Waals surface area contributed by atoms with Gasteiger partial charge in [0.25, 0.3) is 0 Å². The minimum Gasteiger partial charge on any atom is -0.489 e. The number of rotatable bonds is 3. The first-order chi connectivity index (χ1) is 8.69. The van der Waals surface area contributed by atoms with E-state index in [-0.39, 0.29) is 12.1 Å². The Balaban J connectivity index is 2.08. The molecule has 1 unspecified atom stereocenters. The first kappa shape index (κ1) is 12.9. The molecule has 1 aliphatic heterocycles. The molecular formula is C14H19NO3. The minimum absolute atomic E-state index is 0.0723. The topological polar surface area (TPSA) is 38.8 Å². The van der Waals surface area contributed by atoms with E-state index in [1.54, 1.807) is 0 Å². The number of fused-ring (bicyclic) bond motifs is 1. The second-order valence-corrected chi connectivity index (χ2v) is 4.51. The number of carbonyl (C=O) groups excluding carboxylic acids is 1. The second kappa shape index (κ2) is 5.87. The van der Waals surface area contributed by atoms with E-state index in [0.29, 0.717) is 13.2 Å². The Kier molecular flexibility index (Phi) is 4.20. The van der Waals surface area contributed by atoms with E-state index >= 15 is 0 Å². The number of para-hydroxylation sites is 1. The Bertz CT molecular complexity index is 419. The number of nitrogens with zero attached hydrogens (tertiary/aromatic N) is 1. The SMILES string of the molecule is CCOC(=O)CN1Cc2ccccc2OC(C)C1. The van der Waals surface area contributed by atoms with Crippen LogP contribution in [0, 0.1) is 0 Å². The van der Waals surface area contributed by atoms with Gasteiger partial charge in [-0.3, -0.25) is 9.69 Å². The van der Waals surface area contributed by atoms with Crippen LogP contribution in [0.4, 0.5) is 0 Å². The van der Waals surface area contributed by atoms with Crippen molar-refractivity contribution < 1.29 is 14.3 Å². The van der Waals surface area contributed by atoms with Crippen LogP contribution in [0.3, 0.4) is 0 Å². The smallest absolute Gasteiger partial charge is 0.320 e. The maximum atomic E-state index is 11.5. The summed E-state index contributed by atoms with van der Waals surface area (Å²) in [4.78, 5) is 13.6. The fraction of sp³-hybridized carbons (Fsp3) is 0.500. The van der Waals surface area contributed by atoms with Crippen LogP contribution in [-0.4, -0.2) is 36.7 Å². The molecule has 0 N–H and O–H groups in total. The van der Waals surface area contributed by atoms with Crippen LogP contribution in [0.25, 0.3) is 0 Å². The lowest BCUT2D eigenvalue weighted by atomic mass is 10.2. The maximum Gasteiger partial charge on any atom is 0.320 e. The molecule has 0 saturated heterocycles. The number of benzene rings is 1. The van der Waals surface area contributed by atoms with E-state index in [4.69, 9.17) is 9.47 Å². The molecule has 0 spiro atoms. The van der Waals surface area contributed by atoms with E-state index in [2.05, 4.69) is 4.90 Å². The molecule has 4 nitrogen and oxygen atoms in total. The molecule has 1 heterocycles. The summed E-state index contributed by atoms with van der Waals surface area (Å²) in [5, 5.41) is 0. The molecule has 1 aromatic rings. The van der Waals surface area contributed by atoms with Crippen LogP contribution < -0.4 is 4.74 Å². The Morgan fingerprint density at radius 3 is 3.06 bits per heavy atom. The lowest BCUT2D eigenvalue weighted by Gasteiger charge is -2.20. The van der Waals surface area contributed by atoms with Crippen LogP contribution in [0.1, 0.15) is 19.4 Å². The van der Waals surface area contributed by atoms with Crippen molar-refractivity contribution in [3.63, 3.8) is 0 Å². The molecule has 0 fully saturated rings. The molecule has 0 amide bonds. The molecule has 0 radical (unpaired) electrons. The van der Waals surface area contributed by atoms with Crippen molar-refractivity contribution in [2.45, 2.75) is 26.5 Å². The monoisotopic (exact) mass is 249 g/mol. The Labute approximate surface area is 107 Å². The zero-order valence-electron chi connectivity index (χ0n) is 10.9. The van der Waals surface area contributed by atoms with Crippen molar-refractivity contribution in [2.75, 3.05) is 19.7 Å². The summed E-state index contributed by atoms with van der Waals surface area (Å²) in [5.41, 5.74) is 1.12. The first-order valence-electron chi connectivity index (χ1n) is 6.31.